The van der Waals surface area contributed by atoms with Gasteiger partial charge in [-0.25, -0.2) is 4.68 Å². The standard InChI is InChI=1S/C20H25N3O4/c1-14-7-4-5-9-16(14)23-17-10-6-8-15(17)19(21-23)20(25)22(11-12-26-2)13-18(24)27-3/h4-5,7,9H,6,8,10-13H2,1-3H3. The van der Waals surface area contributed by atoms with Crippen molar-refractivity contribution in [2.24, 2.45) is 0 Å². The number of ether oxygens (including phenoxy) is 2. The van der Waals surface area contributed by atoms with Gasteiger partial charge in [0.1, 0.15) is 6.54 Å². The molecule has 1 heterocycles. The number of rotatable bonds is 7. The molecule has 0 atom stereocenters. The maximum atomic E-state index is 13.2. The molecular weight excluding hydrogens is 346 g/mol. The molecule has 0 saturated carbocycles. The van der Waals surface area contributed by atoms with Crippen LogP contribution in [0.1, 0.15) is 33.7 Å². The van der Waals surface area contributed by atoms with Crippen LogP contribution < -0.4 is 0 Å². The van der Waals surface area contributed by atoms with E-state index in [2.05, 4.69) is 5.10 Å². The topological polar surface area (TPSA) is 73.7 Å². The summed E-state index contributed by atoms with van der Waals surface area (Å²) in [4.78, 5) is 26.4. The van der Waals surface area contributed by atoms with Gasteiger partial charge >= 0.3 is 5.97 Å². The molecule has 0 bridgehead atoms. The van der Waals surface area contributed by atoms with Gasteiger partial charge in [0, 0.05) is 24.9 Å². The van der Waals surface area contributed by atoms with E-state index >= 15 is 0 Å². The van der Waals surface area contributed by atoms with Crippen molar-refractivity contribution >= 4 is 11.9 Å². The highest BCUT2D eigenvalue weighted by Crippen LogP contribution is 2.29. The van der Waals surface area contributed by atoms with E-state index in [0.29, 0.717) is 18.8 Å². The summed E-state index contributed by atoms with van der Waals surface area (Å²) in [6, 6.07) is 7.99. The van der Waals surface area contributed by atoms with Gasteiger partial charge in [0.05, 0.1) is 19.4 Å². The SMILES string of the molecule is COCCN(CC(=O)OC)C(=O)c1nn(-c2ccccc2C)c2c1CCC2. The van der Waals surface area contributed by atoms with Crippen LogP contribution in [0.2, 0.25) is 0 Å². The lowest BCUT2D eigenvalue weighted by molar-refractivity contribution is -0.141. The molecule has 1 aromatic heterocycles. The Morgan fingerprint density at radius 1 is 1.22 bits per heavy atom. The Labute approximate surface area is 158 Å². The fraction of sp³-hybridized carbons (Fsp3) is 0.450. The van der Waals surface area contributed by atoms with Crippen molar-refractivity contribution in [2.75, 3.05) is 33.9 Å². The maximum Gasteiger partial charge on any atom is 0.325 e. The number of nitrogens with zero attached hydrogens (tertiary/aromatic N) is 3. The zero-order valence-corrected chi connectivity index (χ0v) is 16.0. The predicted molar refractivity (Wildman–Crippen MR) is 100 cm³/mol. The van der Waals surface area contributed by atoms with Crippen LogP contribution in [0.25, 0.3) is 5.69 Å². The number of aromatic nitrogens is 2. The minimum absolute atomic E-state index is 0.120. The van der Waals surface area contributed by atoms with E-state index in [1.54, 1.807) is 7.11 Å². The zero-order chi connectivity index (χ0) is 19.4. The van der Waals surface area contributed by atoms with Gasteiger partial charge in [-0.15, -0.1) is 0 Å². The lowest BCUT2D eigenvalue weighted by atomic mass is 10.1. The van der Waals surface area contributed by atoms with Crippen LogP contribution in [0, 0.1) is 6.92 Å². The normalized spacial score (nSPS) is 12.7. The Hall–Kier alpha value is -2.67. The number of hydrogen-bond acceptors (Lipinski definition) is 5. The lowest BCUT2D eigenvalue weighted by Gasteiger charge is -2.20. The van der Waals surface area contributed by atoms with Gasteiger partial charge in [-0.05, 0) is 37.8 Å². The Morgan fingerprint density at radius 2 is 2.00 bits per heavy atom. The van der Waals surface area contributed by atoms with E-state index in [0.717, 1.165) is 41.8 Å². The maximum absolute atomic E-state index is 13.2. The quantitative estimate of drug-likeness (QED) is 0.696. The molecule has 7 nitrogen and oxygen atoms in total. The number of esters is 1. The molecule has 0 fully saturated rings. The summed E-state index contributed by atoms with van der Waals surface area (Å²) in [5, 5.41) is 4.66. The van der Waals surface area contributed by atoms with Crippen LogP contribution >= 0.6 is 0 Å². The molecule has 7 heteroatoms. The minimum Gasteiger partial charge on any atom is -0.468 e. The molecule has 144 valence electrons. The van der Waals surface area contributed by atoms with E-state index in [1.165, 1.54) is 12.0 Å². The van der Waals surface area contributed by atoms with Crippen molar-refractivity contribution in [3.63, 3.8) is 0 Å². The number of fused-ring (bicyclic) bond motifs is 1. The average molecular weight is 371 g/mol. The molecule has 0 N–H and O–H groups in total. The molecular formula is C20H25N3O4. The first kappa shape index (κ1) is 19.1. The number of benzene rings is 1. The third kappa shape index (κ3) is 3.88. The molecule has 1 aliphatic carbocycles. The predicted octanol–water partition coefficient (Wildman–Crippen LogP) is 1.93. The summed E-state index contributed by atoms with van der Waals surface area (Å²) in [6.07, 6.45) is 2.70. The summed E-state index contributed by atoms with van der Waals surface area (Å²) >= 11 is 0. The van der Waals surface area contributed by atoms with Crippen molar-refractivity contribution < 1.29 is 19.1 Å². The number of amides is 1. The smallest absolute Gasteiger partial charge is 0.325 e. The average Bonchev–Trinajstić information content (AvgIpc) is 3.27. The van der Waals surface area contributed by atoms with Gasteiger partial charge in [-0.3, -0.25) is 9.59 Å². The highest BCUT2D eigenvalue weighted by atomic mass is 16.5. The zero-order valence-electron chi connectivity index (χ0n) is 16.0. The molecule has 0 unspecified atom stereocenters. The van der Waals surface area contributed by atoms with Gasteiger partial charge in [-0.2, -0.15) is 5.10 Å². The third-order valence-corrected chi connectivity index (χ3v) is 4.88. The minimum atomic E-state index is -0.463. The summed E-state index contributed by atoms with van der Waals surface area (Å²) in [5.41, 5.74) is 4.56. The second kappa shape index (κ2) is 8.35. The van der Waals surface area contributed by atoms with Gasteiger partial charge in [0.2, 0.25) is 0 Å². The summed E-state index contributed by atoms with van der Waals surface area (Å²) < 4.78 is 11.7. The van der Waals surface area contributed by atoms with Gasteiger partial charge < -0.3 is 14.4 Å². The van der Waals surface area contributed by atoms with Crippen LogP contribution in [0.3, 0.4) is 0 Å². The molecule has 27 heavy (non-hydrogen) atoms. The van der Waals surface area contributed by atoms with Crippen molar-refractivity contribution in [1.82, 2.24) is 14.7 Å². The second-order valence-corrected chi connectivity index (χ2v) is 6.62. The molecule has 1 aliphatic rings. The van der Waals surface area contributed by atoms with Gasteiger partial charge in [-0.1, -0.05) is 18.2 Å². The number of carbonyl (C=O) groups excluding carboxylic acids is 2. The summed E-state index contributed by atoms with van der Waals surface area (Å²) in [7, 11) is 2.87. The lowest BCUT2D eigenvalue weighted by Crippen LogP contribution is -2.39. The molecule has 2 aromatic rings. The fourth-order valence-electron chi connectivity index (χ4n) is 3.43. The second-order valence-electron chi connectivity index (χ2n) is 6.62. The Bertz CT molecular complexity index is 844. The van der Waals surface area contributed by atoms with Gasteiger partial charge in [0.25, 0.3) is 5.91 Å². The first-order chi connectivity index (χ1) is 13.1. The number of para-hydroxylation sites is 1. The fourth-order valence-corrected chi connectivity index (χ4v) is 3.43. The third-order valence-electron chi connectivity index (χ3n) is 4.88. The van der Waals surface area contributed by atoms with E-state index in [1.807, 2.05) is 35.9 Å². The largest absolute Gasteiger partial charge is 0.468 e. The molecule has 0 radical (unpaired) electrons. The van der Waals surface area contributed by atoms with Crippen LogP contribution in [0.5, 0.6) is 0 Å². The van der Waals surface area contributed by atoms with E-state index < -0.39 is 5.97 Å². The highest BCUT2D eigenvalue weighted by molar-refractivity contribution is 5.96. The van der Waals surface area contributed by atoms with Crippen LogP contribution in [-0.4, -0.2) is 60.5 Å². The first-order valence-electron chi connectivity index (χ1n) is 9.08. The van der Waals surface area contributed by atoms with E-state index in [-0.39, 0.29) is 12.5 Å². The molecule has 0 saturated heterocycles. The van der Waals surface area contributed by atoms with Crippen LogP contribution in [0.4, 0.5) is 0 Å². The number of hydrogen-bond donors (Lipinski definition) is 0. The number of carbonyl (C=O) groups is 2. The monoisotopic (exact) mass is 371 g/mol. The van der Waals surface area contributed by atoms with Crippen molar-refractivity contribution in [2.45, 2.75) is 26.2 Å². The van der Waals surface area contributed by atoms with Gasteiger partial charge in [0.15, 0.2) is 5.69 Å². The van der Waals surface area contributed by atoms with Crippen molar-refractivity contribution in [3.05, 3.63) is 46.8 Å². The number of methoxy groups -OCH3 is 2. The van der Waals surface area contributed by atoms with E-state index in [9.17, 15) is 9.59 Å². The molecule has 1 amide bonds. The molecule has 3 rings (SSSR count). The van der Waals surface area contributed by atoms with Crippen LogP contribution in [0.15, 0.2) is 24.3 Å². The van der Waals surface area contributed by atoms with E-state index in [4.69, 9.17) is 9.47 Å². The molecule has 0 aliphatic heterocycles. The summed E-state index contributed by atoms with van der Waals surface area (Å²) in [5.74, 6) is -0.725. The Kier molecular flexibility index (Phi) is 5.91. The van der Waals surface area contributed by atoms with Crippen molar-refractivity contribution in [3.8, 4) is 5.69 Å². The van der Waals surface area contributed by atoms with Crippen LogP contribution in [-0.2, 0) is 27.1 Å². The summed E-state index contributed by atoms with van der Waals surface area (Å²) in [6.45, 7) is 2.55. The Balaban J connectivity index is 1.98. The first-order valence-corrected chi connectivity index (χ1v) is 9.08. The Morgan fingerprint density at radius 3 is 2.70 bits per heavy atom. The highest BCUT2D eigenvalue weighted by Gasteiger charge is 2.30. The molecule has 1 aromatic carbocycles. The molecule has 0 spiro atoms. The van der Waals surface area contributed by atoms with Crippen molar-refractivity contribution in [1.29, 1.82) is 0 Å². The number of aryl methyl sites for hydroxylation is 1.